The molecule has 0 N–H and O–H groups in total. The van der Waals surface area contributed by atoms with Crippen molar-refractivity contribution in [3.63, 3.8) is 0 Å². The predicted octanol–water partition coefficient (Wildman–Crippen LogP) is 3.30. The third kappa shape index (κ3) is 2.28. The standard InChI is InChI=1S/C14H18OS/c1-2-4-13-7-14(6-5-12(13)3-1)16-10-11-8-15-9-11/h5-7,11H,1-4,8-10H2. The molecule has 86 valence electrons. The van der Waals surface area contributed by atoms with E-state index in [1.807, 2.05) is 11.8 Å². The molecule has 3 rings (SSSR count). The average Bonchev–Trinajstić information content (AvgIpc) is 2.27. The van der Waals surface area contributed by atoms with Gasteiger partial charge in [0.2, 0.25) is 0 Å². The van der Waals surface area contributed by atoms with E-state index in [2.05, 4.69) is 18.2 Å². The van der Waals surface area contributed by atoms with E-state index in [9.17, 15) is 0 Å². The maximum Gasteiger partial charge on any atom is 0.0524 e. The molecule has 1 aromatic carbocycles. The van der Waals surface area contributed by atoms with Crippen LogP contribution in [-0.2, 0) is 17.6 Å². The zero-order valence-electron chi connectivity index (χ0n) is 9.58. The van der Waals surface area contributed by atoms with Gasteiger partial charge in [-0.1, -0.05) is 6.07 Å². The van der Waals surface area contributed by atoms with Gasteiger partial charge >= 0.3 is 0 Å². The molecule has 1 aliphatic heterocycles. The minimum Gasteiger partial charge on any atom is -0.381 e. The molecule has 0 amide bonds. The summed E-state index contributed by atoms with van der Waals surface area (Å²) in [7, 11) is 0. The highest BCUT2D eigenvalue weighted by Gasteiger charge is 2.18. The summed E-state index contributed by atoms with van der Waals surface area (Å²) in [5.74, 6) is 2.01. The Hall–Kier alpha value is -0.470. The van der Waals surface area contributed by atoms with Crippen LogP contribution in [0.2, 0.25) is 0 Å². The lowest BCUT2D eigenvalue weighted by Crippen LogP contribution is -2.29. The summed E-state index contributed by atoms with van der Waals surface area (Å²) in [4.78, 5) is 1.45. The molecule has 0 radical (unpaired) electrons. The van der Waals surface area contributed by atoms with Gasteiger partial charge in [0, 0.05) is 16.6 Å². The molecule has 1 saturated heterocycles. The summed E-state index contributed by atoms with van der Waals surface area (Å²) in [6, 6.07) is 7.06. The van der Waals surface area contributed by atoms with Crippen molar-refractivity contribution in [3.8, 4) is 0 Å². The summed E-state index contributed by atoms with van der Waals surface area (Å²) >= 11 is 2.00. The Morgan fingerprint density at radius 1 is 1.12 bits per heavy atom. The molecule has 0 saturated carbocycles. The molecule has 16 heavy (non-hydrogen) atoms. The summed E-state index contributed by atoms with van der Waals surface area (Å²) in [5.41, 5.74) is 3.18. The molecule has 1 aliphatic carbocycles. The van der Waals surface area contributed by atoms with Crippen LogP contribution in [0.3, 0.4) is 0 Å². The van der Waals surface area contributed by atoms with Crippen molar-refractivity contribution in [3.05, 3.63) is 29.3 Å². The molecule has 0 atom stereocenters. The Morgan fingerprint density at radius 3 is 2.69 bits per heavy atom. The second-order valence-corrected chi connectivity index (χ2v) is 5.95. The molecule has 0 bridgehead atoms. The lowest BCUT2D eigenvalue weighted by molar-refractivity contribution is -0.0196. The number of hydrogen-bond donors (Lipinski definition) is 0. The van der Waals surface area contributed by atoms with Crippen molar-refractivity contribution >= 4 is 11.8 Å². The first-order valence-corrected chi connectivity index (χ1v) is 7.23. The summed E-state index contributed by atoms with van der Waals surface area (Å²) in [6.45, 7) is 1.94. The molecule has 0 spiro atoms. The smallest absolute Gasteiger partial charge is 0.0524 e. The van der Waals surface area contributed by atoms with Gasteiger partial charge in [-0.3, -0.25) is 0 Å². The molecular formula is C14H18OS. The van der Waals surface area contributed by atoms with Crippen LogP contribution in [-0.4, -0.2) is 19.0 Å². The molecule has 0 unspecified atom stereocenters. The number of thioether (sulfide) groups is 1. The van der Waals surface area contributed by atoms with Crippen LogP contribution in [0.4, 0.5) is 0 Å². The highest BCUT2D eigenvalue weighted by molar-refractivity contribution is 7.99. The second kappa shape index (κ2) is 4.80. The zero-order valence-corrected chi connectivity index (χ0v) is 10.4. The van der Waals surface area contributed by atoms with Crippen LogP contribution in [0, 0.1) is 5.92 Å². The maximum atomic E-state index is 5.20. The van der Waals surface area contributed by atoms with Crippen LogP contribution in [0.1, 0.15) is 24.0 Å². The van der Waals surface area contributed by atoms with Gasteiger partial charge in [0.1, 0.15) is 0 Å². The third-order valence-electron chi connectivity index (χ3n) is 3.51. The number of ether oxygens (including phenoxy) is 1. The van der Waals surface area contributed by atoms with Gasteiger partial charge in [0.15, 0.2) is 0 Å². The molecule has 1 fully saturated rings. The molecule has 1 aromatic rings. The van der Waals surface area contributed by atoms with Crippen LogP contribution in [0.15, 0.2) is 23.1 Å². The van der Waals surface area contributed by atoms with Crippen molar-refractivity contribution in [2.75, 3.05) is 19.0 Å². The first-order chi connectivity index (χ1) is 7.92. The number of aryl methyl sites for hydroxylation is 2. The normalized spacial score (nSPS) is 20.2. The fourth-order valence-corrected chi connectivity index (χ4v) is 3.40. The molecule has 2 heteroatoms. The van der Waals surface area contributed by atoms with Gasteiger partial charge in [0.25, 0.3) is 0 Å². The van der Waals surface area contributed by atoms with Gasteiger partial charge in [-0.05, 0) is 48.9 Å². The first kappa shape index (κ1) is 10.7. The zero-order chi connectivity index (χ0) is 10.8. The van der Waals surface area contributed by atoms with Gasteiger partial charge in [-0.25, -0.2) is 0 Å². The van der Waals surface area contributed by atoms with Gasteiger partial charge in [-0.2, -0.15) is 0 Å². The maximum absolute atomic E-state index is 5.20. The SMILES string of the molecule is c1cc2c(cc1SCC1COC1)CCCC2. The lowest BCUT2D eigenvalue weighted by atomic mass is 9.92. The Bertz CT molecular complexity index is 371. The molecular weight excluding hydrogens is 216 g/mol. The Kier molecular flexibility index (Phi) is 3.20. The highest BCUT2D eigenvalue weighted by atomic mass is 32.2. The molecule has 1 heterocycles. The van der Waals surface area contributed by atoms with Gasteiger partial charge in [0.05, 0.1) is 13.2 Å². The van der Waals surface area contributed by atoms with E-state index in [4.69, 9.17) is 4.74 Å². The van der Waals surface area contributed by atoms with E-state index in [1.54, 1.807) is 11.1 Å². The van der Waals surface area contributed by atoms with Gasteiger partial charge < -0.3 is 4.74 Å². The van der Waals surface area contributed by atoms with Gasteiger partial charge in [-0.15, -0.1) is 11.8 Å². The monoisotopic (exact) mass is 234 g/mol. The summed E-state index contributed by atoms with van der Waals surface area (Å²) in [5, 5.41) is 0. The number of fused-ring (bicyclic) bond motifs is 1. The fraction of sp³-hybridized carbons (Fsp3) is 0.571. The van der Waals surface area contributed by atoms with Crippen LogP contribution >= 0.6 is 11.8 Å². The minimum absolute atomic E-state index is 0.793. The Labute approximate surface area is 102 Å². The quantitative estimate of drug-likeness (QED) is 0.742. The second-order valence-electron chi connectivity index (χ2n) is 4.85. The Balaban J connectivity index is 1.65. The van der Waals surface area contributed by atoms with E-state index >= 15 is 0 Å². The lowest BCUT2D eigenvalue weighted by Gasteiger charge is -2.25. The molecule has 0 aromatic heterocycles. The summed E-state index contributed by atoms with van der Waals surface area (Å²) in [6.07, 6.45) is 5.32. The molecule has 2 aliphatic rings. The fourth-order valence-electron chi connectivity index (χ4n) is 2.39. The van der Waals surface area contributed by atoms with E-state index in [0.717, 1.165) is 19.1 Å². The van der Waals surface area contributed by atoms with Crippen LogP contribution in [0.25, 0.3) is 0 Å². The van der Waals surface area contributed by atoms with Crippen molar-refractivity contribution < 1.29 is 4.74 Å². The van der Waals surface area contributed by atoms with E-state index < -0.39 is 0 Å². The predicted molar refractivity (Wildman–Crippen MR) is 68.1 cm³/mol. The minimum atomic E-state index is 0.793. The Morgan fingerprint density at radius 2 is 1.94 bits per heavy atom. The van der Waals surface area contributed by atoms with E-state index in [-0.39, 0.29) is 0 Å². The van der Waals surface area contributed by atoms with Crippen LogP contribution in [0.5, 0.6) is 0 Å². The third-order valence-corrected chi connectivity index (χ3v) is 4.74. The summed E-state index contributed by atoms with van der Waals surface area (Å²) < 4.78 is 5.20. The largest absolute Gasteiger partial charge is 0.381 e. The topological polar surface area (TPSA) is 9.23 Å². The number of benzene rings is 1. The number of rotatable bonds is 3. The van der Waals surface area contributed by atoms with Crippen LogP contribution < -0.4 is 0 Å². The highest BCUT2D eigenvalue weighted by Crippen LogP contribution is 2.29. The van der Waals surface area contributed by atoms with E-state index in [1.165, 1.54) is 36.3 Å². The van der Waals surface area contributed by atoms with Crippen molar-refractivity contribution in [1.29, 1.82) is 0 Å². The first-order valence-electron chi connectivity index (χ1n) is 6.24. The number of hydrogen-bond acceptors (Lipinski definition) is 2. The van der Waals surface area contributed by atoms with Crippen molar-refractivity contribution in [2.24, 2.45) is 5.92 Å². The van der Waals surface area contributed by atoms with E-state index in [0.29, 0.717) is 0 Å². The van der Waals surface area contributed by atoms with Crippen molar-refractivity contribution in [2.45, 2.75) is 30.6 Å². The average molecular weight is 234 g/mol. The molecule has 1 nitrogen and oxygen atoms in total. The van der Waals surface area contributed by atoms with Crippen molar-refractivity contribution in [1.82, 2.24) is 0 Å².